The van der Waals surface area contributed by atoms with Crippen molar-refractivity contribution < 1.29 is 18.7 Å². The maximum absolute atomic E-state index is 12.5. The summed E-state index contributed by atoms with van der Waals surface area (Å²) in [5.74, 6) is 1.69. The van der Waals surface area contributed by atoms with Crippen molar-refractivity contribution in [2.24, 2.45) is 12.0 Å². The van der Waals surface area contributed by atoms with E-state index in [9.17, 15) is 4.79 Å². The Bertz CT molecular complexity index is 945. The van der Waals surface area contributed by atoms with Crippen LogP contribution in [0.2, 0.25) is 0 Å². The van der Waals surface area contributed by atoms with Crippen LogP contribution in [0.5, 0.6) is 11.5 Å². The quantitative estimate of drug-likeness (QED) is 0.648. The van der Waals surface area contributed by atoms with E-state index in [0.29, 0.717) is 28.6 Å². The van der Waals surface area contributed by atoms with Crippen LogP contribution in [-0.2, 0) is 13.6 Å². The fourth-order valence-corrected chi connectivity index (χ4v) is 2.53. The van der Waals surface area contributed by atoms with Crippen LogP contribution < -0.4 is 14.8 Å². The topological polar surface area (TPSA) is 90.9 Å². The third kappa shape index (κ3) is 4.17. The van der Waals surface area contributed by atoms with Gasteiger partial charge in [0.1, 0.15) is 22.9 Å². The Kier molecular flexibility index (Phi) is 5.55. The summed E-state index contributed by atoms with van der Waals surface area (Å²) in [6.45, 7) is 0.282. The Morgan fingerprint density at radius 1 is 1.33 bits per heavy atom. The molecule has 1 aromatic carbocycles. The number of nitrogens with one attached hydrogen (secondary N) is 1. The number of amides is 1. The number of methoxy groups -OCH3 is 2. The minimum absolute atomic E-state index is 0.282. The van der Waals surface area contributed by atoms with E-state index in [0.717, 1.165) is 5.56 Å². The van der Waals surface area contributed by atoms with Gasteiger partial charge in [0.15, 0.2) is 5.69 Å². The third-order valence-electron chi connectivity index (χ3n) is 3.92. The summed E-state index contributed by atoms with van der Waals surface area (Å²) in [5.41, 5.74) is 1.52. The van der Waals surface area contributed by atoms with E-state index in [2.05, 4.69) is 15.4 Å². The summed E-state index contributed by atoms with van der Waals surface area (Å²) >= 11 is 0. The first-order valence-electron chi connectivity index (χ1n) is 8.21. The van der Waals surface area contributed by atoms with Crippen LogP contribution in [0.4, 0.5) is 5.69 Å². The fourth-order valence-electron chi connectivity index (χ4n) is 2.53. The minimum Gasteiger partial charge on any atom is -0.497 e. The van der Waals surface area contributed by atoms with E-state index < -0.39 is 0 Å². The molecule has 3 rings (SSSR count). The number of benzene rings is 1. The zero-order valence-electron chi connectivity index (χ0n) is 15.3. The maximum atomic E-state index is 12.5. The molecule has 0 spiro atoms. The van der Waals surface area contributed by atoms with Crippen LogP contribution in [0.1, 0.15) is 21.8 Å². The average Bonchev–Trinajstić information content (AvgIpc) is 3.33. The van der Waals surface area contributed by atoms with Gasteiger partial charge in [-0.1, -0.05) is 0 Å². The van der Waals surface area contributed by atoms with Crippen LogP contribution in [0.3, 0.4) is 0 Å². The number of rotatable bonds is 7. The summed E-state index contributed by atoms with van der Waals surface area (Å²) in [6, 6.07) is 8.95. The van der Waals surface area contributed by atoms with E-state index in [1.54, 1.807) is 64.1 Å². The van der Waals surface area contributed by atoms with Crippen molar-refractivity contribution in [2.45, 2.75) is 6.54 Å². The summed E-state index contributed by atoms with van der Waals surface area (Å²) in [4.78, 5) is 17.0. The van der Waals surface area contributed by atoms with E-state index in [1.165, 1.54) is 10.9 Å². The Morgan fingerprint density at radius 3 is 2.89 bits per heavy atom. The first kappa shape index (κ1) is 18.2. The number of nitrogens with zero attached hydrogens (tertiary/aromatic N) is 3. The predicted octanol–water partition coefficient (Wildman–Crippen LogP) is 2.71. The van der Waals surface area contributed by atoms with Crippen LogP contribution in [0.15, 0.2) is 52.2 Å². The number of aliphatic imine (C=N–C) groups is 1. The standard InChI is InChI=1S/C19H20N4O4/c1-23-18(19(24)21-11-15-5-4-8-27-15)16(12-22-23)20-10-13-9-14(25-2)6-7-17(13)26-3/h4-10,12H,11H2,1-3H3,(H,21,24). The Hall–Kier alpha value is -3.55. The molecule has 0 fully saturated rings. The zero-order valence-corrected chi connectivity index (χ0v) is 15.3. The predicted molar refractivity (Wildman–Crippen MR) is 99.9 cm³/mol. The molecule has 8 nitrogen and oxygen atoms in total. The van der Waals surface area contributed by atoms with Gasteiger partial charge in [0, 0.05) is 18.8 Å². The highest BCUT2D eigenvalue weighted by Crippen LogP contribution is 2.24. The number of furan rings is 1. The van der Waals surface area contributed by atoms with E-state index >= 15 is 0 Å². The molecule has 1 N–H and O–H groups in total. The van der Waals surface area contributed by atoms with Crippen molar-refractivity contribution >= 4 is 17.8 Å². The molecule has 0 aliphatic rings. The number of hydrogen-bond acceptors (Lipinski definition) is 6. The number of carbonyl (C=O) groups is 1. The number of aryl methyl sites for hydroxylation is 1. The van der Waals surface area contributed by atoms with Gasteiger partial charge in [-0.05, 0) is 30.3 Å². The van der Waals surface area contributed by atoms with Crippen LogP contribution >= 0.6 is 0 Å². The van der Waals surface area contributed by atoms with Crippen molar-refractivity contribution in [3.05, 3.63) is 59.8 Å². The highest BCUT2D eigenvalue weighted by Gasteiger charge is 2.16. The lowest BCUT2D eigenvalue weighted by molar-refractivity contribution is 0.0939. The Labute approximate surface area is 156 Å². The molecule has 3 aromatic rings. The molecule has 0 unspecified atom stereocenters. The molecule has 140 valence electrons. The number of aromatic nitrogens is 2. The van der Waals surface area contributed by atoms with Crippen LogP contribution in [0.25, 0.3) is 0 Å². The van der Waals surface area contributed by atoms with Gasteiger partial charge in [0.25, 0.3) is 5.91 Å². The van der Waals surface area contributed by atoms with Gasteiger partial charge in [-0.15, -0.1) is 0 Å². The second kappa shape index (κ2) is 8.22. The molecule has 0 aliphatic heterocycles. The van der Waals surface area contributed by atoms with Gasteiger partial charge in [0.05, 0.1) is 33.2 Å². The van der Waals surface area contributed by atoms with Gasteiger partial charge in [-0.2, -0.15) is 5.10 Å². The van der Waals surface area contributed by atoms with E-state index in [-0.39, 0.29) is 12.5 Å². The number of ether oxygens (including phenoxy) is 2. The molecule has 0 bridgehead atoms. The summed E-state index contributed by atoms with van der Waals surface area (Å²) in [7, 11) is 4.86. The van der Waals surface area contributed by atoms with E-state index in [1.807, 2.05) is 0 Å². The van der Waals surface area contributed by atoms with Crippen molar-refractivity contribution in [2.75, 3.05) is 14.2 Å². The van der Waals surface area contributed by atoms with Crippen molar-refractivity contribution in [3.8, 4) is 11.5 Å². The molecule has 2 heterocycles. The highest BCUT2D eigenvalue weighted by molar-refractivity contribution is 5.98. The lowest BCUT2D eigenvalue weighted by Crippen LogP contribution is -2.25. The van der Waals surface area contributed by atoms with Gasteiger partial charge in [0.2, 0.25) is 0 Å². The first-order chi connectivity index (χ1) is 13.1. The Morgan fingerprint density at radius 2 is 2.19 bits per heavy atom. The largest absolute Gasteiger partial charge is 0.497 e. The maximum Gasteiger partial charge on any atom is 0.272 e. The molecule has 27 heavy (non-hydrogen) atoms. The normalized spacial score (nSPS) is 10.9. The summed E-state index contributed by atoms with van der Waals surface area (Å²) in [5, 5.41) is 6.93. The molecule has 0 aliphatic carbocycles. The van der Waals surface area contributed by atoms with Crippen molar-refractivity contribution in [1.29, 1.82) is 0 Å². The zero-order chi connectivity index (χ0) is 19.2. The monoisotopic (exact) mass is 368 g/mol. The van der Waals surface area contributed by atoms with Crippen LogP contribution in [-0.4, -0.2) is 36.1 Å². The lowest BCUT2D eigenvalue weighted by Gasteiger charge is -2.07. The SMILES string of the molecule is COc1ccc(OC)c(C=Nc2cnn(C)c2C(=O)NCc2ccco2)c1. The Balaban J connectivity index is 1.82. The molecule has 8 heteroatoms. The molecule has 1 amide bonds. The number of hydrogen-bond donors (Lipinski definition) is 1. The highest BCUT2D eigenvalue weighted by atomic mass is 16.5. The van der Waals surface area contributed by atoms with Gasteiger partial charge in [-0.25, -0.2) is 0 Å². The molecule has 0 saturated carbocycles. The molecule has 0 saturated heterocycles. The average molecular weight is 368 g/mol. The lowest BCUT2D eigenvalue weighted by atomic mass is 10.2. The summed E-state index contributed by atoms with van der Waals surface area (Å²) < 4.78 is 17.3. The van der Waals surface area contributed by atoms with Crippen molar-refractivity contribution in [3.63, 3.8) is 0 Å². The molecular weight excluding hydrogens is 348 g/mol. The fraction of sp³-hybridized carbons (Fsp3) is 0.211. The molecule has 0 radical (unpaired) electrons. The third-order valence-corrected chi connectivity index (χ3v) is 3.92. The van der Waals surface area contributed by atoms with Gasteiger partial charge >= 0.3 is 0 Å². The van der Waals surface area contributed by atoms with E-state index in [4.69, 9.17) is 13.9 Å². The summed E-state index contributed by atoms with van der Waals surface area (Å²) in [6.07, 6.45) is 4.70. The number of carbonyl (C=O) groups excluding carboxylic acids is 1. The molecular formula is C19H20N4O4. The van der Waals surface area contributed by atoms with Crippen molar-refractivity contribution in [1.82, 2.24) is 15.1 Å². The minimum atomic E-state index is -0.295. The molecule has 2 aromatic heterocycles. The second-order valence-corrected chi connectivity index (χ2v) is 5.63. The smallest absolute Gasteiger partial charge is 0.272 e. The first-order valence-corrected chi connectivity index (χ1v) is 8.21. The van der Waals surface area contributed by atoms with Crippen LogP contribution in [0, 0.1) is 0 Å². The van der Waals surface area contributed by atoms with Gasteiger partial charge in [-0.3, -0.25) is 14.5 Å². The molecule has 0 atom stereocenters. The van der Waals surface area contributed by atoms with Gasteiger partial charge < -0.3 is 19.2 Å². The second-order valence-electron chi connectivity index (χ2n) is 5.63.